The minimum absolute atomic E-state index is 0.445. The minimum Gasteiger partial charge on any atom is -0.389 e. The number of rotatable bonds is 2. The van der Waals surface area contributed by atoms with E-state index in [1.54, 1.807) is 0 Å². The van der Waals surface area contributed by atoms with Gasteiger partial charge in [-0.3, -0.25) is 0 Å². The van der Waals surface area contributed by atoms with Crippen molar-refractivity contribution in [3.8, 4) is 0 Å². The zero-order valence-electron chi connectivity index (χ0n) is 11.3. The third kappa shape index (κ3) is 2.48. The van der Waals surface area contributed by atoms with Crippen molar-refractivity contribution in [1.82, 2.24) is 4.98 Å². The summed E-state index contributed by atoms with van der Waals surface area (Å²) in [6.45, 7) is 7.61. The van der Waals surface area contributed by atoms with E-state index in [1.807, 2.05) is 19.2 Å². The number of piperidine rings is 1. The average Bonchev–Trinajstić information content (AvgIpc) is 2.31. The van der Waals surface area contributed by atoms with Gasteiger partial charge in [0, 0.05) is 18.8 Å². The Morgan fingerprint density at radius 1 is 1.44 bits per heavy atom. The molecule has 1 aromatic heterocycles. The lowest BCUT2D eigenvalue weighted by molar-refractivity contribution is 0.388. The Morgan fingerprint density at radius 2 is 2.17 bits per heavy atom. The van der Waals surface area contributed by atoms with Crippen LogP contribution in [0.5, 0.6) is 0 Å². The maximum atomic E-state index is 5.87. The first-order valence-electron chi connectivity index (χ1n) is 6.52. The van der Waals surface area contributed by atoms with Crippen molar-refractivity contribution < 1.29 is 0 Å². The van der Waals surface area contributed by atoms with Gasteiger partial charge in [-0.25, -0.2) is 4.98 Å². The van der Waals surface area contributed by atoms with Crippen LogP contribution in [-0.4, -0.2) is 22.6 Å². The topological polar surface area (TPSA) is 42.2 Å². The number of aromatic nitrogens is 1. The van der Waals surface area contributed by atoms with Crippen molar-refractivity contribution in [2.75, 3.05) is 11.4 Å². The third-order valence-corrected chi connectivity index (χ3v) is 3.98. The monoisotopic (exact) mass is 263 g/mol. The standard InChI is InChI=1S/C14H21N3S/c1-9-4-5-11(3)17(8-9)14-12(13(15)18)10(2)6-7-16-14/h6-7,9,11H,4-5,8H2,1-3H3,(H2,15,18). The molecule has 0 bridgehead atoms. The Balaban J connectivity index is 2.43. The summed E-state index contributed by atoms with van der Waals surface area (Å²) < 4.78 is 0. The minimum atomic E-state index is 0.445. The van der Waals surface area contributed by atoms with E-state index < -0.39 is 0 Å². The van der Waals surface area contributed by atoms with Crippen LogP contribution in [0.2, 0.25) is 0 Å². The molecular weight excluding hydrogens is 242 g/mol. The van der Waals surface area contributed by atoms with Gasteiger partial charge >= 0.3 is 0 Å². The van der Waals surface area contributed by atoms with Crippen LogP contribution in [0.4, 0.5) is 5.82 Å². The highest BCUT2D eigenvalue weighted by molar-refractivity contribution is 7.80. The Labute approximate surface area is 114 Å². The van der Waals surface area contributed by atoms with Crippen LogP contribution in [0, 0.1) is 12.8 Å². The van der Waals surface area contributed by atoms with Crippen LogP contribution in [0.1, 0.15) is 37.8 Å². The van der Waals surface area contributed by atoms with Crippen LogP contribution in [0.3, 0.4) is 0 Å². The van der Waals surface area contributed by atoms with Gasteiger partial charge in [0.05, 0.1) is 5.56 Å². The number of thiocarbonyl (C=S) groups is 1. The van der Waals surface area contributed by atoms with Gasteiger partial charge in [0.2, 0.25) is 0 Å². The van der Waals surface area contributed by atoms with E-state index in [4.69, 9.17) is 18.0 Å². The van der Waals surface area contributed by atoms with Crippen molar-refractivity contribution in [1.29, 1.82) is 0 Å². The summed E-state index contributed by atoms with van der Waals surface area (Å²) in [6, 6.07) is 2.47. The van der Waals surface area contributed by atoms with Crippen LogP contribution >= 0.6 is 12.2 Å². The Bertz CT molecular complexity index is 458. The average molecular weight is 263 g/mol. The van der Waals surface area contributed by atoms with Gasteiger partial charge in [0.1, 0.15) is 10.8 Å². The molecule has 0 spiro atoms. The van der Waals surface area contributed by atoms with Gasteiger partial charge in [-0.2, -0.15) is 0 Å². The third-order valence-electron chi connectivity index (χ3n) is 3.78. The number of hydrogen-bond donors (Lipinski definition) is 1. The Hall–Kier alpha value is -1.16. The fraction of sp³-hybridized carbons (Fsp3) is 0.571. The van der Waals surface area contributed by atoms with E-state index in [2.05, 4.69) is 23.7 Å². The van der Waals surface area contributed by atoms with E-state index in [0.717, 1.165) is 23.5 Å². The second kappa shape index (κ2) is 5.22. The van der Waals surface area contributed by atoms with E-state index >= 15 is 0 Å². The number of nitrogens with zero attached hydrogens (tertiary/aromatic N) is 2. The maximum absolute atomic E-state index is 5.87. The summed E-state index contributed by atoms with van der Waals surface area (Å²) in [7, 11) is 0. The summed E-state index contributed by atoms with van der Waals surface area (Å²) in [5.74, 6) is 1.66. The zero-order chi connectivity index (χ0) is 13.3. The highest BCUT2D eigenvalue weighted by atomic mass is 32.1. The van der Waals surface area contributed by atoms with Gasteiger partial charge in [-0.1, -0.05) is 19.1 Å². The Morgan fingerprint density at radius 3 is 2.83 bits per heavy atom. The second-order valence-corrected chi connectivity index (χ2v) is 5.81. The van der Waals surface area contributed by atoms with Gasteiger partial charge < -0.3 is 10.6 Å². The smallest absolute Gasteiger partial charge is 0.139 e. The van der Waals surface area contributed by atoms with E-state index in [0.29, 0.717) is 16.9 Å². The molecule has 2 N–H and O–H groups in total. The molecule has 1 aromatic rings. The van der Waals surface area contributed by atoms with Crippen LogP contribution in [0.25, 0.3) is 0 Å². The first kappa shape index (κ1) is 13.3. The predicted octanol–water partition coefficient (Wildman–Crippen LogP) is 2.65. The van der Waals surface area contributed by atoms with E-state index in [9.17, 15) is 0 Å². The lowest BCUT2D eigenvalue weighted by atomic mass is 9.94. The molecule has 1 aliphatic heterocycles. The molecule has 18 heavy (non-hydrogen) atoms. The zero-order valence-corrected chi connectivity index (χ0v) is 12.1. The number of nitrogens with two attached hydrogens (primary N) is 1. The largest absolute Gasteiger partial charge is 0.389 e. The van der Waals surface area contributed by atoms with Crippen LogP contribution in [-0.2, 0) is 0 Å². The molecule has 2 heterocycles. The van der Waals surface area contributed by atoms with Gasteiger partial charge in [-0.05, 0) is 44.2 Å². The maximum Gasteiger partial charge on any atom is 0.139 e. The van der Waals surface area contributed by atoms with Crippen molar-refractivity contribution in [2.24, 2.45) is 11.7 Å². The second-order valence-electron chi connectivity index (χ2n) is 5.37. The fourth-order valence-electron chi connectivity index (χ4n) is 2.65. The molecular formula is C14H21N3S. The normalized spacial score (nSPS) is 24.1. The van der Waals surface area contributed by atoms with Crippen molar-refractivity contribution >= 4 is 23.0 Å². The van der Waals surface area contributed by atoms with Gasteiger partial charge in [-0.15, -0.1) is 0 Å². The first-order valence-corrected chi connectivity index (χ1v) is 6.93. The number of anilines is 1. The molecule has 1 saturated heterocycles. The summed E-state index contributed by atoms with van der Waals surface area (Å²) in [4.78, 5) is 7.33. The highest BCUT2D eigenvalue weighted by Crippen LogP contribution is 2.29. The molecule has 4 heteroatoms. The molecule has 1 fully saturated rings. The van der Waals surface area contributed by atoms with Crippen molar-refractivity contribution in [3.63, 3.8) is 0 Å². The molecule has 0 amide bonds. The molecule has 0 radical (unpaired) electrons. The van der Waals surface area contributed by atoms with Crippen molar-refractivity contribution in [2.45, 2.75) is 39.7 Å². The van der Waals surface area contributed by atoms with Gasteiger partial charge in [0.15, 0.2) is 0 Å². The van der Waals surface area contributed by atoms with Crippen LogP contribution in [0.15, 0.2) is 12.3 Å². The summed E-state index contributed by atoms with van der Waals surface area (Å²) in [5, 5.41) is 0. The molecule has 2 atom stereocenters. The molecule has 1 aliphatic rings. The van der Waals surface area contributed by atoms with E-state index in [-0.39, 0.29) is 0 Å². The predicted molar refractivity (Wildman–Crippen MR) is 80.1 cm³/mol. The number of pyridine rings is 1. The van der Waals surface area contributed by atoms with E-state index in [1.165, 1.54) is 12.8 Å². The molecule has 98 valence electrons. The SMILES string of the molecule is Cc1ccnc(N2CC(C)CCC2C)c1C(N)=S. The molecule has 0 aliphatic carbocycles. The molecule has 2 rings (SSSR count). The molecule has 2 unspecified atom stereocenters. The quantitative estimate of drug-likeness (QED) is 0.833. The fourth-order valence-corrected chi connectivity index (χ4v) is 2.90. The number of aryl methyl sites for hydroxylation is 1. The summed E-state index contributed by atoms with van der Waals surface area (Å²) in [6.07, 6.45) is 4.33. The summed E-state index contributed by atoms with van der Waals surface area (Å²) >= 11 is 5.19. The summed E-state index contributed by atoms with van der Waals surface area (Å²) in [5.41, 5.74) is 7.91. The first-order chi connectivity index (χ1) is 8.50. The highest BCUT2D eigenvalue weighted by Gasteiger charge is 2.26. The molecule has 0 saturated carbocycles. The Kier molecular flexibility index (Phi) is 3.85. The van der Waals surface area contributed by atoms with Gasteiger partial charge in [0.25, 0.3) is 0 Å². The number of hydrogen-bond acceptors (Lipinski definition) is 3. The molecule has 0 aromatic carbocycles. The lowest BCUT2D eigenvalue weighted by Gasteiger charge is -2.38. The molecule has 3 nitrogen and oxygen atoms in total. The lowest BCUT2D eigenvalue weighted by Crippen LogP contribution is -2.42. The van der Waals surface area contributed by atoms with Crippen LogP contribution < -0.4 is 10.6 Å². The van der Waals surface area contributed by atoms with Crippen molar-refractivity contribution in [3.05, 3.63) is 23.4 Å².